The number of ether oxygens (including phenoxy) is 1. The fourth-order valence-corrected chi connectivity index (χ4v) is 1.14. The molecule has 0 radical (unpaired) electrons. The van der Waals surface area contributed by atoms with Gasteiger partial charge < -0.3 is 9.64 Å². The first-order chi connectivity index (χ1) is 4.25. The standard InChI is InChI=1S/C7H13NO/c1-4-7-6(2)9-5-8(7)3/h4-5H2,1-3H3. The largest absolute Gasteiger partial charge is 0.476 e. The van der Waals surface area contributed by atoms with E-state index in [1.54, 1.807) is 0 Å². The number of hydrogen-bond donors (Lipinski definition) is 0. The Hall–Kier alpha value is -0.660. The Labute approximate surface area is 56.1 Å². The molecule has 0 unspecified atom stereocenters. The van der Waals surface area contributed by atoms with Gasteiger partial charge in [0.1, 0.15) is 5.76 Å². The lowest BCUT2D eigenvalue weighted by Gasteiger charge is -2.10. The summed E-state index contributed by atoms with van der Waals surface area (Å²) in [6, 6.07) is 0. The molecule has 0 saturated heterocycles. The highest BCUT2D eigenvalue weighted by Gasteiger charge is 2.14. The third kappa shape index (κ3) is 1.02. The van der Waals surface area contributed by atoms with E-state index < -0.39 is 0 Å². The van der Waals surface area contributed by atoms with E-state index in [0.717, 1.165) is 18.9 Å². The second-order valence-electron chi connectivity index (χ2n) is 2.33. The highest BCUT2D eigenvalue weighted by Crippen LogP contribution is 2.19. The zero-order chi connectivity index (χ0) is 6.85. The van der Waals surface area contributed by atoms with Crippen LogP contribution in [0, 0.1) is 0 Å². The summed E-state index contributed by atoms with van der Waals surface area (Å²) in [7, 11) is 2.05. The summed E-state index contributed by atoms with van der Waals surface area (Å²) in [4.78, 5) is 2.13. The molecule has 0 aromatic rings. The minimum Gasteiger partial charge on any atom is -0.476 e. The zero-order valence-electron chi connectivity index (χ0n) is 6.27. The average Bonchev–Trinajstić information content (AvgIpc) is 2.12. The van der Waals surface area contributed by atoms with E-state index in [-0.39, 0.29) is 0 Å². The Kier molecular flexibility index (Phi) is 1.65. The topological polar surface area (TPSA) is 12.5 Å². The molecular formula is C7H13NO. The van der Waals surface area contributed by atoms with Gasteiger partial charge in [-0.2, -0.15) is 0 Å². The van der Waals surface area contributed by atoms with Crippen molar-refractivity contribution in [1.29, 1.82) is 0 Å². The van der Waals surface area contributed by atoms with E-state index in [4.69, 9.17) is 4.74 Å². The van der Waals surface area contributed by atoms with Gasteiger partial charge in [0.15, 0.2) is 6.73 Å². The van der Waals surface area contributed by atoms with E-state index in [1.807, 2.05) is 6.92 Å². The normalized spacial score (nSPS) is 18.8. The van der Waals surface area contributed by atoms with Crippen LogP contribution in [0.2, 0.25) is 0 Å². The third-order valence-corrected chi connectivity index (χ3v) is 1.68. The van der Waals surface area contributed by atoms with E-state index in [9.17, 15) is 0 Å². The van der Waals surface area contributed by atoms with Crippen LogP contribution < -0.4 is 0 Å². The van der Waals surface area contributed by atoms with Gasteiger partial charge in [0, 0.05) is 7.05 Å². The fraction of sp³-hybridized carbons (Fsp3) is 0.714. The van der Waals surface area contributed by atoms with Gasteiger partial charge in [-0.05, 0) is 13.3 Å². The van der Waals surface area contributed by atoms with Gasteiger partial charge >= 0.3 is 0 Å². The first-order valence-corrected chi connectivity index (χ1v) is 3.29. The number of nitrogens with zero attached hydrogens (tertiary/aromatic N) is 1. The fourth-order valence-electron chi connectivity index (χ4n) is 1.14. The van der Waals surface area contributed by atoms with Crippen LogP contribution in [0.1, 0.15) is 20.3 Å². The van der Waals surface area contributed by atoms with Gasteiger partial charge in [-0.3, -0.25) is 0 Å². The lowest BCUT2D eigenvalue weighted by atomic mass is 10.3. The zero-order valence-corrected chi connectivity index (χ0v) is 6.27. The summed E-state index contributed by atoms with van der Waals surface area (Å²) in [5.74, 6) is 1.08. The molecule has 0 amide bonds. The molecule has 0 atom stereocenters. The number of allylic oxidation sites excluding steroid dienone is 2. The molecule has 0 aromatic carbocycles. The summed E-state index contributed by atoms with van der Waals surface area (Å²) in [5, 5.41) is 0. The van der Waals surface area contributed by atoms with Crippen molar-refractivity contribution in [2.45, 2.75) is 20.3 Å². The quantitative estimate of drug-likeness (QED) is 0.530. The maximum Gasteiger partial charge on any atom is 0.160 e. The average molecular weight is 127 g/mol. The van der Waals surface area contributed by atoms with Crippen molar-refractivity contribution in [3.8, 4) is 0 Å². The minimum atomic E-state index is 0.731. The Morgan fingerprint density at radius 2 is 2.33 bits per heavy atom. The van der Waals surface area contributed by atoms with Crippen LogP contribution >= 0.6 is 0 Å². The van der Waals surface area contributed by atoms with Crippen LogP contribution in [0.5, 0.6) is 0 Å². The number of hydrogen-bond acceptors (Lipinski definition) is 2. The molecule has 1 aliphatic rings. The van der Waals surface area contributed by atoms with E-state index in [1.165, 1.54) is 5.70 Å². The Bertz CT molecular complexity index is 140. The number of rotatable bonds is 1. The molecule has 2 nitrogen and oxygen atoms in total. The van der Waals surface area contributed by atoms with Gasteiger partial charge in [-0.1, -0.05) is 6.92 Å². The molecule has 0 saturated carbocycles. The van der Waals surface area contributed by atoms with Gasteiger partial charge in [0.05, 0.1) is 5.70 Å². The second kappa shape index (κ2) is 2.29. The summed E-state index contributed by atoms with van der Waals surface area (Å²) in [5.41, 5.74) is 1.33. The molecule has 2 heteroatoms. The van der Waals surface area contributed by atoms with Crippen LogP contribution in [0.25, 0.3) is 0 Å². The van der Waals surface area contributed by atoms with Crippen molar-refractivity contribution in [2.75, 3.05) is 13.8 Å². The molecule has 52 valence electrons. The van der Waals surface area contributed by atoms with Crippen LogP contribution in [0.15, 0.2) is 11.5 Å². The summed E-state index contributed by atoms with van der Waals surface area (Å²) in [6.45, 7) is 4.89. The monoisotopic (exact) mass is 127 g/mol. The molecule has 0 spiro atoms. The molecule has 9 heavy (non-hydrogen) atoms. The summed E-state index contributed by atoms with van der Waals surface area (Å²) < 4.78 is 5.27. The molecule has 0 fully saturated rings. The van der Waals surface area contributed by atoms with E-state index >= 15 is 0 Å². The Morgan fingerprint density at radius 1 is 1.67 bits per heavy atom. The maximum atomic E-state index is 5.27. The summed E-state index contributed by atoms with van der Waals surface area (Å²) in [6.07, 6.45) is 1.07. The van der Waals surface area contributed by atoms with Gasteiger partial charge in [-0.25, -0.2) is 0 Å². The smallest absolute Gasteiger partial charge is 0.160 e. The maximum absolute atomic E-state index is 5.27. The van der Waals surface area contributed by atoms with Crippen molar-refractivity contribution in [2.24, 2.45) is 0 Å². The van der Waals surface area contributed by atoms with E-state index in [0.29, 0.717) is 0 Å². The van der Waals surface area contributed by atoms with Crippen molar-refractivity contribution in [3.63, 3.8) is 0 Å². The summed E-state index contributed by atoms with van der Waals surface area (Å²) >= 11 is 0. The highest BCUT2D eigenvalue weighted by molar-refractivity contribution is 5.07. The van der Waals surface area contributed by atoms with Gasteiger partial charge in [0.2, 0.25) is 0 Å². The lowest BCUT2D eigenvalue weighted by molar-refractivity contribution is 0.167. The molecule has 1 aliphatic heterocycles. The van der Waals surface area contributed by atoms with Gasteiger partial charge in [0.25, 0.3) is 0 Å². The first kappa shape index (κ1) is 6.46. The van der Waals surface area contributed by atoms with Crippen LogP contribution in [0.3, 0.4) is 0 Å². The highest BCUT2D eigenvalue weighted by atomic mass is 16.5. The SMILES string of the molecule is CCC1=C(C)OCN1C. The molecule has 0 aliphatic carbocycles. The molecule has 0 N–H and O–H groups in total. The van der Waals surface area contributed by atoms with Crippen LogP contribution in [-0.2, 0) is 4.74 Å². The molecule has 0 bridgehead atoms. The Morgan fingerprint density at radius 3 is 2.56 bits per heavy atom. The first-order valence-electron chi connectivity index (χ1n) is 3.29. The lowest BCUT2D eigenvalue weighted by Crippen LogP contribution is -2.12. The predicted molar refractivity (Wildman–Crippen MR) is 36.7 cm³/mol. The van der Waals surface area contributed by atoms with Crippen molar-refractivity contribution >= 4 is 0 Å². The van der Waals surface area contributed by atoms with Crippen molar-refractivity contribution < 1.29 is 4.74 Å². The second-order valence-corrected chi connectivity index (χ2v) is 2.33. The minimum absolute atomic E-state index is 0.731. The molecule has 1 heterocycles. The van der Waals surface area contributed by atoms with Crippen LogP contribution in [-0.4, -0.2) is 18.7 Å². The van der Waals surface area contributed by atoms with Crippen molar-refractivity contribution in [3.05, 3.63) is 11.5 Å². The van der Waals surface area contributed by atoms with E-state index in [2.05, 4.69) is 18.9 Å². The molecule has 0 aromatic heterocycles. The van der Waals surface area contributed by atoms with Crippen molar-refractivity contribution in [1.82, 2.24) is 4.90 Å². The predicted octanol–water partition coefficient (Wildman–Crippen LogP) is 1.55. The molecular weight excluding hydrogens is 114 g/mol. The van der Waals surface area contributed by atoms with Crippen LogP contribution in [0.4, 0.5) is 0 Å². The van der Waals surface area contributed by atoms with Gasteiger partial charge in [-0.15, -0.1) is 0 Å². The third-order valence-electron chi connectivity index (χ3n) is 1.68. The molecule has 1 rings (SSSR count). The Balaban J connectivity index is 2.69.